The molecular formula is C25H28N4O2S. The molecule has 3 aromatic rings. The summed E-state index contributed by atoms with van der Waals surface area (Å²) in [7, 11) is 1.87. The van der Waals surface area contributed by atoms with Gasteiger partial charge in [-0.05, 0) is 62.4 Å². The molecule has 32 heavy (non-hydrogen) atoms. The Morgan fingerprint density at radius 1 is 1.12 bits per heavy atom. The third-order valence-corrected chi connectivity index (χ3v) is 7.44. The molecule has 0 radical (unpaired) electrons. The number of carbonyl (C=O) groups is 2. The van der Waals surface area contributed by atoms with Crippen molar-refractivity contribution in [1.82, 2.24) is 14.8 Å². The number of amides is 3. The van der Waals surface area contributed by atoms with Gasteiger partial charge in [0.2, 0.25) is 0 Å². The smallest absolute Gasteiger partial charge is 0.321 e. The van der Waals surface area contributed by atoms with Crippen LogP contribution < -0.4 is 10.2 Å². The molecule has 4 heterocycles. The number of aromatic nitrogens is 1. The summed E-state index contributed by atoms with van der Waals surface area (Å²) in [5, 5.41) is 4.95. The largest absolute Gasteiger partial charge is 0.336 e. The number of rotatable bonds is 3. The number of aryl methyl sites for hydroxylation is 1. The molecule has 0 saturated carbocycles. The number of nitrogens with zero attached hydrogens (tertiary/aromatic N) is 3. The minimum atomic E-state index is -0.270. The molecule has 1 N–H and O–H groups in total. The fraction of sp³-hybridized carbons (Fsp3) is 0.360. The number of nitrogens with one attached hydrogen (secondary N) is 1. The Hall–Kier alpha value is -3.06. The van der Waals surface area contributed by atoms with Crippen molar-refractivity contribution >= 4 is 29.0 Å². The summed E-state index contributed by atoms with van der Waals surface area (Å²) in [5.41, 5.74) is 5.85. The maximum absolute atomic E-state index is 13.5. The van der Waals surface area contributed by atoms with Crippen LogP contribution in [0, 0.1) is 0 Å². The molecule has 1 fully saturated rings. The third-order valence-electron chi connectivity index (χ3n) is 6.54. The van der Waals surface area contributed by atoms with Crippen LogP contribution in [0.5, 0.6) is 0 Å². The molecule has 7 heteroatoms. The molecule has 1 saturated heterocycles. The SMILES string of the molecule is CN(C(=O)c1cc(-c2cccs2)c2n1CCc1ccc(N3CCNC3=O)cc1-2)C(C)(C)C. The number of carbonyl (C=O) groups excluding carboxylic acids is 2. The molecule has 3 amide bonds. The van der Waals surface area contributed by atoms with Crippen LogP contribution in [0.3, 0.4) is 0 Å². The second-order valence-corrected chi connectivity index (χ2v) is 10.4. The number of anilines is 1. The summed E-state index contributed by atoms with van der Waals surface area (Å²) in [6.07, 6.45) is 0.854. The van der Waals surface area contributed by atoms with E-state index in [0.717, 1.165) is 46.0 Å². The van der Waals surface area contributed by atoms with Crippen molar-refractivity contribution < 1.29 is 9.59 Å². The van der Waals surface area contributed by atoms with Gasteiger partial charge in [0.15, 0.2) is 0 Å². The van der Waals surface area contributed by atoms with E-state index in [2.05, 4.69) is 39.5 Å². The van der Waals surface area contributed by atoms with Gasteiger partial charge in [-0.25, -0.2) is 4.79 Å². The van der Waals surface area contributed by atoms with Crippen LogP contribution in [0.15, 0.2) is 41.8 Å². The van der Waals surface area contributed by atoms with Crippen LogP contribution in [0.25, 0.3) is 21.7 Å². The van der Waals surface area contributed by atoms with Crippen molar-refractivity contribution in [2.24, 2.45) is 0 Å². The molecule has 2 aliphatic heterocycles. The first-order valence-corrected chi connectivity index (χ1v) is 11.9. The second kappa shape index (κ2) is 7.52. The summed E-state index contributed by atoms with van der Waals surface area (Å²) in [4.78, 5) is 30.5. The molecule has 2 aromatic heterocycles. The number of benzene rings is 1. The van der Waals surface area contributed by atoms with Crippen LogP contribution in [0.4, 0.5) is 10.5 Å². The third kappa shape index (κ3) is 3.32. The van der Waals surface area contributed by atoms with Crippen molar-refractivity contribution in [2.75, 3.05) is 25.0 Å². The van der Waals surface area contributed by atoms with Gasteiger partial charge in [-0.15, -0.1) is 11.3 Å². The lowest BCUT2D eigenvalue weighted by Crippen LogP contribution is -2.43. The topological polar surface area (TPSA) is 57.6 Å². The maximum Gasteiger partial charge on any atom is 0.321 e. The maximum atomic E-state index is 13.5. The summed E-state index contributed by atoms with van der Waals surface area (Å²) in [5.74, 6) is 0.0279. The Morgan fingerprint density at radius 2 is 1.94 bits per heavy atom. The Bertz CT molecular complexity index is 1200. The van der Waals surface area contributed by atoms with Crippen molar-refractivity contribution in [3.8, 4) is 21.7 Å². The number of fused-ring (bicyclic) bond motifs is 3. The van der Waals surface area contributed by atoms with Crippen molar-refractivity contribution in [2.45, 2.75) is 39.3 Å². The van der Waals surface area contributed by atoms with Gasteiger partial charge in [-0.2, -0.15) is 0 Å². The van der Waals surface area contributed by atoms with Gasteiger partial charge in [-0.3, -0.25) is 9.69 Å². The first-order chi connectivity index (χ1) is 15.3. The Labute approximate surface area is 192 Å². The molecular weight excluding hydrogens is 420 g/mol. The highest BCUT2D eigenvalue weighted by atomic mass is 32.1. The molecule has 6 nitrogen and oxygen atoms in total. The van der Waals surface area contributed by atoms with Crippen LogP contribution in [-0.4, -0.2) is 47.1 Å². The minimum Gasteiger partial charge on any atom is -0.336 e. The molecule has 0 spiro atoms. The minimum absolute atomic E-state index is 0.0279. The molecule has 166 valence electrons. The van der Waals surface area contributed by atoms with E-state index in [9.17, 15) is 9.59 Å². The summed E-state index contributed by atoms with van der Waals surface area (Å²) in [6.45, 7) is 8.23. The Balaban J connectivity index is 1.69. The fourth-order valence-electron chi connectivity index (χ4n) is 4.47. The Morgan fingerprint density at radius 3 is 2.59 bits per heavy atom. The second-order valence-electron chi connectivity index (χ2n) is 9.43. The summed E-state index contributed by atoms with van der Waals surface area (Å²) in [6, 6.07) is 12.4. The number of hydrogen-bond acceptors (Lipinski definition) is 3. The monoisotopic (exact) mass is 448 g/mol. The molecule has 0 unspecified atom stereocenters. The van der Waals surface area contributed by atoms with E-state index >= 15 is 0 Å². The lowest BCUT2D eigenvalue weighted by atomic mass is 9.95. The van der Waals surface area contributed by atoms with E-state index < -0.39 is 0 Å². The van der Waals surface area contributed by atoms with E-state index in [1.807, 2.05) is 44.9 Å². The van der Waals surface area contributed by atoms with E-state index in [1.54, 1.807) is 16.2 Å². The average molecular weight is 449 g/mol. The highest BCUT2D eigenvalue weighted by Gasteiger charge is 2.32. The zero-order valence-electron chi connectivity index (χ0n) is 18.9. The Kier molecular flexibility index (Phi) is 4.89. The molecule has 2 aliphatic rings. The average Bonchev–Trinajstić information content (AvgIpc) is 3.50. The lowest BCUT2D eigenvalue weighted by molar-refractivity contribution is 0.0644. The molecule has 5 rings (SSSR count). The van der Waals surface area contributed by atoms with Gasteiger partial charge in [0.05, 0.1) is 5.69 Å². The van der Waals surface area contributed by atoms with Gasteiger partial charge in [0, 0.05) is 53.9 Å². The molecule has 0 aliphatic carbocycles. The van der Waals surface area contributed by atoms with Gasteiger partial charge < -0.3 is 14.8 Å². The predicted octanol–water partition coefficient (Wildman–Crippen LogP) is 4.84. The van der Waals surface area contributed by atoms with E-state index in [1.165, 1.54) is 5.56 Å². The van der Waals surface area contributed by atoms with Crippen molar-refractivity contribution in [3.05, 3.63) is 53.0 Å². The number of hydrogen-bond donors (Lipinski definition) is 1. The van der Waals surface area contributed by atoms with E-state index in [-0.39, 0.29) is 17.5 Å². The lowest BCUT2D eigenvalue weighted by Gasteiger charge is -2.32. The normalized spacial score (nSPS) is 15.4. The first kappa shape index (κ1) is 20.8. The summed E-state index contributed by atoms with van der Waals surface area (Å²) >= 11 is 1.68. The molecule has 0 bridgehead atoms. The van der Waals surface area contributed by atoms with Gasteiger partial charge in [-0.1, -0.05) is 12.1 Å². The highest BCUT2D eigenvalue weighted by Crippen LogP contribution is 2.43. The zero-order valence-corrected chi connectivity index (χ0v) is 19.8. The summed E-state index contributed by atoms with van der Waals surface area (Å²) < 4.78 is 2.18. The van der Waals surface area contributed by atoms with Crippen LogP contribution >= 0.6 is 11.3 Å². The van der Waals surface area contributed by atoms with Gasteiger partial charge in [0.25, 0.3) is 5.91 Å². The van der Waals surface area contributed by atoms with Gasteiger partial charge in [0.1, 0.15) is 5.69 Å². The number of urea groups is 1. The first-order valence-electron chi connectivity index (χ1n) is 11.0. The van der Waals surface area contributed by atoms with E-state index in [4.69, 9.17) is 0 Å². The van der Waals surface area contributed by atoms with Crippen molar-refractivity contribution in [1.29, 1.82) is 0 Å². The van der Waals surface area contributed by atoms with E-state index in [0.29, 0.717) is 13.1 Å². The van der Waals surface area contributed by atoms with Gasteiger partial charge >= 0.3 is 6.03 Å². The highest BCUT2D eigenvalue weighted by molar-refractivity contribution is 7.13. The van der Waals surface area contributed by atoms with Crippen LogP contribution in [0.2, 0.25) is 0 Å². The number of thiophene rings is 1. The van der Waals surface area contributed by atoms with Crippen molar-refractivity contribution in [3.63, 3.8) is 0 Å². The van der Waals surface area contributed by atoms with Crippen LogP contribution in [-0.2, 0) is 13.0 Å². The molecule has 0 atom stereocenters. The fourth-order valence-corrected chi connectivity index (χ4v) is 5.21. The molecule has 1 aromatic carbocycles. The quantitative estimate of drug-likeness (QED) is 0.623. The van der Waals surface area contributed by atoms with Crippen LogP contribution in [0.1, 0.15) is 36.8 Å². The standard InChI is InChI=1S/C25H28N4O2S/c1-25(2,3)27(4)23(30)20-15-19(21-6-5-13-32-21)22-18-14-17(28-12-10-26-24(28)31)8-7-16(18)9-11-29(20)22/h5-8,13-15H,9-12H2,1-4H3,(H,26,31). The predicted molar refractivity (Wildman–Crippen MR) is 129 cm³/mol. The zero-order chi connectivity index (χ0) is 22.6.